The topological polar surface area (TPSA) is 84.3 Å². The van der Waals surface area contributed by atoms with Crippen molar-refractivity contribution in [3.8, 4) is 0 Å². The molecule has 1 heterocycles. The first-order valence-corrected chi connectivity index (χ1v) is 5.53. The molecule has 1 aromatic carbocycles. The molecule has 1 aliphatic rings. The minimum absolute atomic E-state index is 0.0591. The van der Waals surface area contributed by atoms with Crippen molar-refractivity contribution >= 4 is 11.6 Å². The largest absolute Gasteiger partial charge is 0.348 e. The van der Waals surface area contributed by atoms with E-state index in [-0.39, 0.29) is 17.3 Å². The highest BCUT2D eigenvalue weighted by Gasteiger charge is 2.21. The first-order chi connectivity index (χ1) is 8.58. The maximum Gasteiger partial charge on any atom is 0.270 e. The number of benzene rings is 1. The molecule has 1 aromatic rings. The molecule has 2 N–H and O–H groups in total. The molecular formula is C11H12FN3O3. The third-order valence-electron chi connectivity index (χ3n) is 2.80. The van der Waals surface area contributed by atoms with Gasteiger partial charge < -0.3 is 10.6 Å². The van der Waals surface area contributed by atoms with Gasteiger partial charge in [-0.2, -0.15) is 0 Å². The summed E-state index contributed by atoms with van der Waals surface area (Å²) in [5.41, 5.74) is -0.595. The van der Waals surface area contributed by atoms with Crippen molar-refractivity contribution < 1.29 is 14.1 Å². The highest BCUT2D eigenvalue weighted by molar-refractivity contribution is 5.95. The molecule has 0 bridgehead atoms. The quantitative estimate of drug-likeness (QED) is 0.617. The van der Waals surface area contributed by atoms with Gasteiger partial charge in [0.2, 0.25) is 0 Å². The highest BCUT2D eigenvalue weighted by Crippen LogP contribution is 2.17. The number of nitro benzene ring substituents is 1. The van der Waals surface area contributed by atoms with Crippen molar-refractivity contribution in [3.05, 3.63) is 39.7 Å². The Morgan fingerprint density at radius 1 is 1.56 bits per heavy atom. The summed E-state index contributed by atoms with van der Waals surface area (Å²) in [5, 5.41) is 16.3. The van der Waals surface area contributed by atoms with Gasteiger partial charge in [-0.3, -0.25) is 14.9 Å². The number of hydrogen-bond acceptors (Lipinski definition) is 4. The van der Waals surface area contributed by atoms with Crippen LogP contribution in [-0.4, -0.2) is 30.0 Å². The zero-order valence-corrected chi connectivity index (χ0v) is 9.48. The maximum atomic E-state index is 13.5. The third-order valence-corrected chi connectivity index (χ3v) is 2.80. The van der Waals surface area contributed by atoms with Gasteiger partial charge in [0.05, 0.1) is 10.5 Å². The Labute approximate surface area is 102 Å². The van der Waals surface area contributed by atoms with Crippen LogP contribution in [0.4, 0.5) is 10.1 Å². The molecule has 0 aromatic heterocycles. The lowest BCUT2D eigenvalue weighted by atomic mass is 10.1. The van der Waals surface area contributed by atoms with Crippen molar-refractivity contribution in [1.82, 2.24) is 10.6 Å². The van der Waals surface area contributed by atoms with Gasteiger partial charge in [0.25, 0.3) is 11.6 Å². The van der Waals surface area contributed by atoms with Gasteiger partial charge in [-0.25, -0.2) is 4.39 Å². The average molecular weight is 253 g/mol. The minimum Gasteiger partial charge on any atom is -0.348 e. The number of carbonyl (C=O) groups excluding carboxylic acids is 1. The Morgan fingerprint density at radius 2 is 2.33 bits per heavy atom. The Morgan fingerprint density at radius 3 is 2.94 bits per heavy atom. The first kappa shape index (κ1) is 12.4. The molecular weight excluding hydrogens is 241 g/mol. The van der Waals surface area contributed by atoms with E-state index in [0.29, 0.717) is 6.54 Å². The van der Waals surface area contributed by atoms with Crippen LogP contribution in [0.5, 0.6) is 0 Å². The standard InChI is InChI=1S/C11H12FN3O3/c12-10-2-1-8(15(17)18)5-9(10)11(16)14-7-3-4-13-6-7/h1-2,5,7,13H,3-4,6H2,(H,14,16)/t7-/m1/s1. The van der Waals surface area contributed by atoms with E-state index in [1.807, 2.05) is 0 Å². The zero-order valence-electron chi connectivity index (χ0n) is 9.48. The molecule has 0 unspecified atom stereocenters. The van der Waals surface area contributed by atoms with Crippen LogP contribution in [0.3, 0.4) is 0 Å². The van der Waals surface area contributed by atoms with Crippen LogP contribution >= 0.6 is 0 Å². The fraction of sp³-hybridized carbons (Fsp3) is 0.364. The summed E-state index contributed by atoms with van der Waals surface area (Å²) < 4.78 is 13.5. The molecule has 7 heteroatoms. The minimum atomic E-state index is -0.760. The first-order valence-electron chi connectivity index (χ1n) is 5.53. The predicted octanol–water partition coefficient (Wildman–Crippen LogP) is 0.826. The molecule has 1 amide bonds. The molecule has 0 spiro atoms. The van der Waals surface area contributed by atoms with Crippen LogP contribution in [0.15, 0.2) is 18.2 Å². The van der Waals surface area contributed by atoms with Crippen LogP contribution in [0, 0.1) is 15.9 Å². The smallest absolute Gasteiger partial charge is 0.270 e. The Kier molecular flexibility index (Phi) is 3.52. The number of non-ortho nitro benzene ring substituents is 1. The fourth-order valence-corrected chi connectivity index (χ4v) is 1.84. The summed E-state index contributed by atoms with van der Waals surface area (Å²) >= 11 is 0. The summed E-state index contributed by atoms with van der Waals surface area (Å²) in [6.45, 7) is 1.42. The van der Waals surface area contributed by atoms with Crippen molar-refractivity contribution in [3.63, 3.8) is 0 Å². The maximum absolute atomic E-state index is 13.5. The van der Waals surface area contributed by atoms with Gasteiger partial charge in [0, 0.05) is 24.7 Å². The van der Waals surface area contributed by atoms with E-state index < -0.39 is 16.6 Å². The normalized spacial score (nSPS) is 18.6. The van der Waals surface area contributed by atoms with E-state index in [9.17, 15) is 19.3 Å². The summed E-state index contributed by atoms with van der Waals surface area (Å²) in [4.78, 5) is 21.7. The van der Waals surface area contributed by atoms with Gasteiger partial charge in [0.1, 0.15) is 5.82 Å². The van der Waals surface area contributed by atoms with Gasteiger partial charge in [-0.1, -0.05) is 0 Å². The Hall–Kier alpha value is -2.02. The molecule has 1 aliphatic heterocycles. The molecule has 1 atom stereocenters. The number of halogens is 1. The zero-order chi connectivity index (χ0) is 13.1. The molecule has 0 saturated carbocycles. The van der Waals surface area contributed by atoms with E-state index in [1.165, 1.54) is 0 Å². The molecule has 1 saturated heterocycles. The van der Waals surface area contributed by atoms with Crippen molar-refractivity contribution in [2.24, 2.45) is 0 Å². The van der Waals surface area contributed by atoms with E-state index >= 15 is 0 Å². The summed E-state index contributed by atoms with van der Waals surface area (Å²) in [5.74, 6) is -1.38. The summed E-state index contributed by atoms with van der Waals surface area (Å²) in [6, 6.07) is 2.85. The number of carbonyl (C=O) groups is 1. The second-order valence-electron chi connectivity index (χ2n) is 4.08. The van der Waals surface area contributed by atoms with E-state index in [4.69, 9.17) is 0 Å². The second-order valence-corrected chi connectivity index (χ2v) is 4.08. The third kappa shape index (κ3) is 2.62. The van der Waals surface area contributed by atoms with Crippen LogP contribution < -0.4 is 10.6 Å². The van der Waals surface area contributed by atoms with Gasteiger partial charge in [0.15, 0.2) is 0 Å². The van der Waals surface area contributed by atoms with Gasteiger partial charge in [-0.05, 0) is 19.0 Å². The molecule has 0 radical (unpaired) electrons. The number of rotatable bonds is 3. The lowest BCUT2D eigenvalue weighted by Gasteiger charge is -2.11. The summed E-state index contributed by atoms with van der Waals surface area (Å²) in [6.07, 6.45) is 0.766. The van der Waals surface area contributed by atoms with E-state index in [0.717, 1.165) is 31.2 Å². The molecule has 96 valence electrons. The number of amides is 1. The van der Waals surface area contributed by atoms with Crippen LogP contribution in [0.1, 0.15) is 16.8 Å². The molecule has 1 fully saturated rings. The lowest BCUT2D eigenvalue weighted by molar-refractivity contribution is -0.384. The van der Waals surface area contributed by atoms with Crippen molar-refractivity contribution in [2.45, 2.75) is 12.5 Å². The van der Waals surface area contributed by atoms with Gasteiger partial charge >= 0.3 is 0 Å². The monoisotopic (exact) mass is 253 g/mol. The Balaban J connectivity index is 2.17. The van der Waals surface area contributed by atoms with Crippen LogP contribution in [-0.2, 0) is 0 Å². The fourth-order valence-electron chi connectivity index (χ4n) is 1.84. The Bertz CT molecular complexity index is 486. The second kappa shape index (κ2) is 5.09. The van der Waals surface area contributed by atoms with Gasteiger partial charge in [-0.15, -0.1) is 0 Å². The van der Waals surface area contributed by atoms with E-state index in [2.05, 4.69) is 10.6 Å². The molecule has 18 heavy (non-hydrogen) atoms. The van der Waals surface area contributed by atoms with E-state index in [1.54, 1.807) is 0 Å². The number of nitrogens with one attached hydrogen (secondary N) is 2. The number of nitrogens with zero attached hydrogens (tertiary/aromatic N) is 1. The SMILES string of the molecule is O=C(N[C@@H]1CCNC1)c1cc([N+](=O)[O-])ccc1F. The number of nitro groups is 1. The van der Waals surface area contributed by atoms with Crippen LogP contribution in [0.2, 0.25) is 0 Å². The predicted molar refractivity (Wildman–Crippen MR) is 61.8 cm³/mol. The van der Waals surface area contributed by atoms with Crippen molar-refractivity contribution in [2.75, 3.05) is 13.1 Å². The van der Waals surface area contributed by atoms with Crippen molar-refractivity contribution in [1.29, 1.82) is 0 Å². The number of hydrogen-bond donors (Lipinski definition) is 2. The highest BCUT2D eigenvalue weighted by atomic mass is 19.1. The average Bonchev–Trinajstić information content (AvgIpc) is 2.81. The molecule has 6 nitrogen and oxygen atoms in total. The van der Waals surface area contributed by atoms with Crippen LogP contribution in [0.25, 0.3) is 0 Å². The lowest BCUT2D eigenvalue weighted by Crippen LogP contribution is -2.36. The summed E-state index contributed by atoms with van der Waals surface area (Å²) in [7, 11) is 0. The molecule has 2 rings (SSSR count). The molecule has 0 aliphatic carbocycles.